The predicted molar refractivity (Wildman–Crippen MR) is 43.6 cm³/mol. The molecule has 1 fully saturated rings. The summed E-state index contributed by atoms with van der Waals surface area (Å²) < 4.78 is 0. The smallest absolute Gasteiger partial charge is 0.0278 e. The van der Waals surface area contributed by atoms with Gasteiger partial charge in [0, 0.05) is 32.7 Å². The highest BCUT2D eigenvalue weighted by Crippen LogP contribution is 2.04. The lowest BCUT2D eigenvalue weighted by molar-refractivity contribution is 0.267. The Bertz CT molecular complexity index is 85.3. The number of rotatable bonds is 2. The van der Waals surface area contributed by atoms with Crippen LogP contribution < -0.4 is 5.32 Å². The van der Waals surface area contributed by atoms with E-state index in [0.717, 1.165) is 13.1 Å². The summed E-state index contributed by atoms with van der Waals surface area (Å²) in [4.78, 5) is 2.40. The number of hydrogen-bond donors (Lipinski definition) is 1. The van der Waals surface area contributed by atoms with E-state index in [0.29, 0.717) is 5.92 Å². The van der Waals surface area contributed by atoms with E-state index in [9.17, 15) is 0 Å². The summed E-state index contributed by atoms with van der Waals surface area (Å²) in [7, 11) is 0. The first-order valence-corrected chi connectivity index (χ1v) is 4.09. The lowest BCUT2D eigenvalue weighted by Gasteiger charge is -2.27. The van der Waals surface area contributed by atoms with Crippen LogP contribution in [0.5, 0.6) is 0 Å². The number of piperazine rings is 1. The van der Waals surface area contributed by atoms with Crippen molar-refractivity contribution in [2.45, 2.75) is 13.8 Å². The van der Waals surface area contributed by atoms with Gasteiger partial charge in [-0.1, -0.05) is 13.8 Å². The second kappa shape index (κ2) is 3.94. The molecule has 1 radical (unpaired) electrons. The third kappa shape index (κ3) is 2.67. The SMILES string of the molecule is CC(C)[CH]N1CCNCC1. The minimum atomic E-state index is 0.693. The topological polar surface area (TPSA) is 15.3 Å². The number of nitrogens with zero attached hydrogens (tertiary/aromatic N) is 1. The molecule has 59 valence electrons. The first-order chi connectivity index (χ1) is 4.79. The maximum absolute atomic E-state index is 3.33. The standard InChI is InChI=1S/C8H17N2/c1-8(2)7-10-5-3-9-4-6-10/h7-9H,3-6H2,1-2H3. The minimum Gasteiger partial charge on any atom is -0.314 e. The minimum absolute atomic E-state index is 0.693. The van der Waals surface area contributed by atoms with Crippen LogP contribution in [0.1, 0.15) is 13.8 Å². The van der Waals surface area contributed by atoms with E-state index in [4.69, 9.17) is 0 Å². The molecule has 0 atom stereocenters. The molecular weight excluding hydrogens is 124 g/mol. The Morgan fingerprint density at radius 2 is 1.90 bits per heavy atom. The monoisotopic (exact) mass is 141 g/mol. The lowest BCUT2D eigenvalue weighted by Crippen LogP contribution is -2.42. The maximum atomic E-state index is 3.33. The van der Waals surface area contributed by atoms with Gasteiger partial charge in [0.25, 0.3) is 0 Å². The number of hydrogen-bond acceptors (Lipinski definition) is 2. The molecule has 1 saturated heterocycles. The zero-order valence-corrected chi connectivity index (χ0v) is 6.93. The Labute approximate surface area is 63.6 Å². The zero-order chi connectivity index (χ0) is 7.40. The van der Waals surface area contributed by atoms with Crippen molar-refractivity contribution >= 4 is 0 Å². The lowest BCUT2D eigenvalue weighted by atomic mass is 10.2. The highest BCUT2D eigenvalue weighted by molar-refractivity contribution is 4.76. The molecule has 1 aliphatic rings. The summed E-state index contributed by atoms with van der Waals surface area (Å²) in [6.07, 6.45) is 0. The maximum Gasteiger partial charge on any atom is 0.0278 e. The van der Waals surface area contributed by atoms with Crippen LogP contribution in [0.4, 0.5) is 0 Å². The molecule has 0 unspecified atom stereocenters. The van der Waals surface area contributed by atoms with Crippen LogP contribution in [0.25, 0.3) is 0 Å². The molecule has 2 nitrogen and oxygen atoms in total. The van der Waals surface area contributed by atoms with E-state index in [2.05, 4.69) is 30.6 Å². The Kier molecular flexibility index (Phi) is 3.16. The van der Waals surface area contributed by atoms with Gasteiger partial charge in [0.2, 0.25) is 0 Å². The molecule has 2 heteroatoms. The van der Waals surface area contributed by atoms with Gasteiger partial charge in [-0.2, -0.15) is 0 Å². The summed E-state index contributed by atoms with van der Waals surface area (Å²) in [6.45, 7) is 11.4. The van der Waals surface area contributed by atoms with Crippen LogP contribution in [0.15, 0.2) is 0 Å². The molecular formula is C8H17N2. The van der Waals surface area contributed by atoms with E-state index < -0.39 is 0 Å². The van der Waals surface area contributed by atoms with Crippen LogP contribution >= 0.6 is 0 Å². The van der Waals surface area contributed by atoms with Crippen molar-refractivity contribution in [3.63, 3.8) is 0 Å². The third-order valence-electron chi connectivity index (χ3n) is 1.66. The van der Waals surface area contributed by atoms with Crippen LogP contribution in [0.3, 0.4) is 0 Å². The third-order valence-corrected chi connectivity index (χ3v) is 1.66. The van der Waals surface area contributed by atoms with Gasteiger partial charge in [0.05, 0.1) is 0 Å². The first-order valence-electron chi connectivity index (χ1n) is 4.09. The van der Waals surface area contributed by atoms with Crippen molar-refractivity contribution in [3.05, 3.63) is 6.54 Å². The summed E-state index contributed by atoms with van der Waals surface area (Å²) >= 11 is 0. The van der Waals surface area contributed by atoms with Gasteiger partial charge in [-0.05, 0) is 5.92 Å². The molecule has 0 aliphatic carbocycles. The molecule has 0 aromatic heterocycles. The van der Waals surface area contributed by atoms with Gasteiger partial charge in [-0.25, -0.2) is 0 Å². The Hall–Kier alpha value is -0.0800. The quantitative estimate of drug-likeness (QED) is 0.609. The van der Waals surface area contributed by atoms with Crippen LogP contribution in [0, 0.1) is 12.5 Å². The summed E-state index contributed by atoms with van der Waals surface area (Å²) in [6, 6.07) is 0. The number of nitrogens with one attached hydrogen (secondary N) is 1. The molecule has 0 aromatic rings. The molecule has 0 saturated carbocycles. The molecule has 0 bridgehead atoms. The van der Waals surface area contributed by atoms with Crippen molar-refractivity contribution in [1.29, 1.82) is 0 Å². The fourth-order valence-electron chi connectivity index (χ4n) is 1.25. The molecule has 0 spiro atoms. The summed E-state index contributed by atoms with van der Waals surface area (Å²) in [5, 5.41) is 3.33. The average Bonchev–Trinajstić information content (AvgIpc) is 1.88. The molecule has 1 aliphatic heterocycles. The Balaban J connectivity index is 2.13. The average molecular weight is 141 g/mol. The van der Waals surface area contributed by atoms with Crippen molar-refractivity contribution in [2.75, 3.05) is 26.2 Å². The van der Waals surface area contributed by atoms with E-state index in [1.54, 1.807) is 0 Å². The van der Waals surface area contributed by atoms with Crippen molar-refractivity contribution in [2.24, 2.45) is 5.92 Å². The first kappa shape index (κ1) is 8.02. The van der Waals surface area contributed by atoms with Crippen molar-refractivity contribution in [1.82, 2.24) is 10.2 Å². The molecule has 10 heavy (non-hydrogen) atoms. The van der Waals surface area contributed by atoms with Crippen molar-refractivity contribution in [3.8, 4) is 0 Å². The molecule has 1 rings (SSSR count). The fourth-order valence-corrected chi connectivity index (χ4v) is 1.25. The highest BCUT2D eigenvalue weighted by atomic mass is 15.2. The largest absolute Gasteiger partial charge is 0.314 e. The predicted octanol–water partition coefficient (Wildman–Crippen LogP) is 0.709. The van der Waals surface area contributed by atoms with Gasteiger partial charge >= 0.3 is 0 Å². The normalized spacial score (nSPS) is 21.9. The second-order valence-electron chi connectivity index (χ2n) is 3.18. The molecule has 0 amide bonds. The van der Waals surface area contributed by atoms with E-state index >= 15 is 0 Å². The van der Waals surface area contributed by atoms with Crippen LogP contribution in [-0.2, 0) is 0 Å². The van der Waals surface area contributed by atoms with E-state index in [1.807, 2.05) is 0 Å². The highest BCUT2D eigenvalue weighted by Gasteiger charge is 2.10. The van der Waals surface area contributed by atoms with Crippen LogP contribution in [-0.4, -0.2) is 31.1 Å². The van der Waals surface area contributed by atoms with Gasteiger partial charge in [-0.3, -0.25) is 4.90 Å². The molecule has 0 aromatic carbocycles. The summed E-state index contributed by atoms with van der Waals surface area (Å²) in [5.41, 5.74) is 0. The molecule has 1 heterocycles. The van der Waals surface area contributed by atoms with Crippen LogP contribution in [0.2, 0.25) is 0 Å². The Morgan fingerprint density at radius 3 is 2.40 bits per heavy atom. The fraction of sp³-hybridized carbons (Fsp3) is 0.875. The Morgan fingerprint density at radius 1 is 1.30 bits per heavy atom. The zero-order valence-electron chi connectivity index (χ0n) is 6.93. The summed E-state index contributed by atoms with van der Waals surface area (Å²) in [5.74, 6) is 0.693. The van der Waals surface area contributed by atoms with Gasteiger partial charge in [-0.15, -0.1) is 0 Å². The molecule has 1 N–H and O–H groups in total. The van der Waals surface area contributed by atoms with Gasteiger partial charge < -0.3 is 5.32 Å². The van der Waals surface area contributed by atoms with E-state index in [1.165, 1.54) is 13.1 Å². The van der Waals surface area contributed by atoms with E-state index in [-0.39, 0.29) is 0 Å². The van der Waals surface area contributed by atoms with Gasteiger partial charge in [0.15, 0.2) is 0 Å². The van der Waals surface area contributed by atoms with Crippen molar-refractivity contribution < 1.29 is 0 Å². The van der Waals surface area contributed by atoms with Gasteiger partial charge in [0.1, 0.15) is 0 Å². The second-order valence-corrected chi connectivity index (χ2v) is 3.18.